The van der Waals surface area contributed by atoms with Gasteiger partial charge in [0.2, 0.25) is 5.91 Å². The Balaban J connectivity index is 2.01. The lowest BCUT2D eigenvalue weighted by atomic mass is 9.82. The number of oxazole rings is 1. The molecule has 1 amide bonds. The summed E-state index contributed by atoms with van der Waals surface area (Å²) in [5.41, 5.74) is -0.429. The van der Waals surface area contributed by atoms with Gasteiger partial charge in [-0.15, -0.1) is 0 Å². The summed E-state index contributed by atoms with van der Waals surface area (Å²) in [4.78, 5) is 27.9. The molecular weight excluding hydrogens is 312 g/mol. The van der Waals surface area contributed by atoms with Crippen LogP contribution in [0.25, 0.3) is 11.7 Å². The molecule has 7 nitrogen and oxygen atoms in total. The van der Waals surface area contributed by atoms with Crippen molar-refractivity contribution in [3.8, 4) is 11.7 Å². The molecule has 0 aliphatic heterocycles. The Labute approximate surface area is 140 Å². The topological polar surface area (TPSA) is 106 Å². The van der Waals surface area contributed by atoms with E-state index in [9.17, 15) is 14.7 Å². The minimum Gasteiger partial charge on any atom is -0.481 e. The van der Waals surface area contributed by atoms with Gasteiger partial charge < -0.3 is 19.3 Å². The Morgan fingerprint density at radius 1 is 1.33 bits per heavy atom. The molecule has 0 aliphatic carbocycles. The van der Waals surface area contributed by atoms with E-state index in [1.807, 2.05) is 0 Å². The second kappa shape index (κ2) is 7.33. The van der Waals surface area contributed by atoms with Gasteiger partial charge in [-0.25, -0.2) is 4.98 Å². The molecule has 2 aromatic rings. The van der Waals surface area contributed by atoms with E-state index in [2.05, 4.69) is 10.3 Å². The van der Waals surface area contributed by atoms with Crippen molar-refractivity contribution in [1.82, 2.24) is 10.3 Å². The number of carbonyl (C=O) groups is 2. The zero-order chi connectivity index (χ0) is 17.7. The Hall–Kier alpha value is -2.57. The molecule has 0 fully saturated rings. The second-order valence-electron chi connectivity index (χ2n) is 5.75. The number of hydrogen-bond donors (Lipinski definition) is 2. The van der Waals surface area contributed by atoms with Gasteiger partial charge >= 0.3 is 5.97 Å². The fourth-order valence-electron chi connectivity index (χ4n) is 2.46. The molecule has 2 rings (SSSR count). The van der Waals surface area contributed by atoms with Gasteiger partial charge in [-0.05, 0) is 31.9 Å². The van der Waals surface area contributed by atoms with E-state index in [4.69, 9.17) is 8.83 Å². The normalized spacial score (nSPS) is 11.5. The van der Waals surface area contributed by atoms with Gasteiger partial charge in [-0.3, -0.25) is 9.59 Å². The van der Waals surface area contributed by atoms with Crippen molar-refractivity contribution in [2.75, 3.05) is 6.54 Å². The molecule has 24 heavy (non-hydrogen) atoms. The third kappa shape index (κ3) is 3.67. The van der Waals surface area contributed by atoms with Crippen molar-refractivity contribution < 1.29 is 23.5 Å². The van der Waals surface area contributed by atoms with Crippen LogP contribution in [-0.4, -0.2) is 28.5 Å². The summed E-state index contributed by atoms with van der Waals surface area (Å²) in [6, 6.07) is 3.45. The van der Waals surface area contributed by atoms with Gasteiger partial charge in [0.15, 0.2) is 5.76 Å². The first kappa shape index (κ1) is 17.8. The number of nitrogens with one attached hydrogen (secondary N) is 1. The smallest absolute Gasteiger partial charge is 0.311 e. The third-order valence-corrected chi connectivity index (χ3v) is 4.38. The van der Waals surface area contributed by atoms with E-state index in [0.717, 1.165) is 0 Å². The summed E-state index contributed by atoms with van der Waals surface area (Å²) in [5, 5.41) is 12.1. The second-order valence-corrected chi connectivity index (χ2v) is 5.75. The van der Waals surface area contributed by atoms with E-state index in [1.165, 1.54) is 6.26 Å². The maximum absolute atomic E-state index is 12.2. The van der Waals surface area contributed by atoms with Crippen molar-refractivity contribution in [2.45, 2.75) is 40.0 Å². The minimum atomic E-state index is -0.937. The van der Waals surface area contributed by atoms with E-state index in [0.29, 0.717) is 35.9 Å². The van der Waals surface area contributed by atoms with Crippen LogP contribution in [0.3, 0.4) is 0 Å². The zero-order valence-corrected chi connectivity index (χ0v) is 14.1. The summed E-state index contributed by atoms with van der Waals surface area (Å²) in [5.74, 6) is 0.163. The standard InChI is InChI=1S/C17H22N2O5/c1-4-17(5-2,16(21)22)10-18-14(20)9-12-11(3)24-15(19-12)13-7-6-8-23-13/h6-8H,4-5,9-10H2,1-3H3,(H,18,20)(H,21,22). The Bertz CT molecular complexity index is 699. The van der Waals surface area contributed by atoms with Gasteiger partial charge in [-0.2, -0.15) is 0 Å². The van der Waals surface area contributed by atoms with Crippen LogP contribution in [0.4, 0.5) is 0 Å². The average molecular weight is 334 g/mol. The fourth-order valence-corrected chi connectivity index (χ4v) is 2.46. The number of rotatable bonds is 8. The number of hydrogen-bond acceptors (Lipinski definition) is 5. The van der Waals surface area contributed by atoms with E-state index < -0.39 is 11.4 Å². The third-order valence-electron chi connectivity index (χ3n) is 4.38. The SMILES string of the molecule is CCC(CC)(CNC(=O)Cc1nc(-c2ccco2)oc1C)C(=O)O. The van der Waals surface area contributed by atoms with Crippen LogP contribution in [-0.2, 0) is 16.0 Å². The molecule has 2 N–H and O–H groups in total. The van der Waals surface area contributed by atoms with Crippen LogP contribution < -0.4 is 5.32 Å². The number of nitrogens with zero attached hydrogens (tertiary/aromatic N) is 1. The van der Waals surface area contributed by atoms with Crippen LogP contribution in [0.5, 0.6) is 0 Å². The zero-order valence-electron chi connectivity index (χ0n) is 14.1. The molecule has 0 bridgehead atoms. The molecular formula is C17H22N2O5. The van der Waals surface area contributed by atoms with E-state index >= 15 is 0 Å². The average Bonchev–Trinajstić information content (AvgIpc) is 3.19. The molecule has 0 saturated carbocycles. The number of aryl methyl sites for hydroxylation is 1. The molecule has 0 unspecified atom stereocenters. The first-order valence-corrected chi connectivity index (χ1v) is 7.92. The summed E-state index contributed by atoms with van der Waals surface area (Å²) >= 11 is 0. The Morgan fingerprint density at radius 3 is 2.58 bits per heavy atom. The summed E-state index contributed by atoms with van der Waals surface area (Å²) in [6.45, 7) is 5.43. The lowest BCUT2D eigenvalue weighted by Crippen LogP contribution is -2.42. The maximum atomic E-state index is 12.2. The van der Waals surface area contributed by atoms with Crippen molar-refractivity contribution in [3.63, 3.8) is 0 Å². The number of furan rings is 1. The highest BCUT2D eigenvalue weighted by Gasteiger charge is 2.35. The lowest BCUT2D eigenvalue weighted by Gasteiger charge is -2.26. The maximum Gasteiger partial charge on any atom is 0.311 e. The molecule has 0 aliphatic rings. The Kier molecular flexibility index (Phi) is 5.43. The predicted octanol–water partition coefficient (Wildman–Crippen LogP) is 2.79. The van der Waals surface area contributed by atoms with Crippen LogP contribution >= 0.6 is 0 Å². The van der Waals surface area contributed by atoms with Crippen LogP contribution in [0.2, 0.25) is 0 Å². The van der Waals surface area contributed by atoms with Gasteiger partial charge in [0, 0.05) is 6.54 Å². The minimum absolute atomic E-state index is 0.0270. The number of aliphatic carboxylic acids is 1. The summed E-state index contributed by atoms with van der Waals surface area (Å²) in [6.07, 6.45) is 2.44. The highest BCUT2D eigenvalue weighted by molar-refractivity contribution is 5.80. The van der Waals surface area contributed by atoms with Crippen LogP contribution in [0.15, 0.2) is 27.2 Å². The monoisotopic (exact) mass is 334 g/mol. The number of aromatic nitrogens is 1. The molecule has 0 saturated heterocycles. The van der Waals surface area contributed by atoms with Gasteiger partial charge in [0.25, 0.3) is 5.89 Å². The molecule has 0 spiro atoms. The fraction of sp³-hybridized carbons (Fsp3) is 0.471. The molecule has 2 aromatic heterocycles. The highest BCUT2D eigenvalue weighted by atomic mass is 16.4. The van der Waals surface area contributed by atoms with Crippen molar-refractivity contribution in [1.29, 1.82) is 0 Å². The van der Waals surface area contributed by atoms with Gasteiger partial charge in [0.1, 0.15) is 5.76 Å². The van der Waals surface area contributed by atoms with E-state index in [1.54, 1.807) is 32.9 Å². The van der Waals surface area contributed by atoms with Crippen LogP contribution in [0, 0.1) is 12.3 Å². The largest absolute Gasteiger partial charge is 0.481 e. The summed E-state index contributed by atoms with van der Waals surface area (Å²) < 4.78 is 10.7. The van der Waals surface area contributed by atoms with Gasteiger partial charge in [-0.1, -0.05) is 13.8 Å². The molecule has 0 radical (unpaired) electrons. The highest BCUT2D eigenvalue weighted by Crippen LogP contribution is 2.26. The van der Waals surface area contributed by atoms with Crippen molar-refractivity contribution >= 4 is 11.9 Å². The van der Waals surface area contributed by atoms with Crippen LogP contribution in [0.1, 0.15) is 38.1 Å². The van der Waals surface area contributed by atoms with E-state index in [-0.39, 0.29) is 18.9 Å². The summed E-state index contributed by atoms with van der Waals surface area (Å²) in [7, 11) is 0. The Morgan fingerprint density at radius 2 is 2.04 bits per heavy atom. The molecule has 0 atom stereocenters. The first-order valence-electron chi connectivity index (χ1n) is 7.92. The number of carboxylic acid groups (broad SMARTS) is 1. The molecule has 0 aromatic carbocycles. The molecule has 130 valence electrons. The first-order chi connectivity index (χ1) is 11.4. The van der Waals surface area contributed by atoms with Gasteiger partial charge in [0.05, 0.1) is 23.8 Å². The lowest BCUT2D eigenvalue weighted by molar-refractivity contribution is -0.149. The number of carboxylic acids is 1. The van der Waals surface area contributed by atoms with Crippen molar-refractivity contribution in [3.05, 3.63) is 29.9 Å². The number of amides is 1. The molecule has 7 heteroatoms. The van der Waals surface area contributed by atoms with Crippen molar-refractivity contribution in [2.24, 2.45) is 5.41 Å². The molecule has 2 heterocycles. The quantitative estimate of drug-likeness (QED) is 0.769. The number of carbonyl (C=O) groups excluding carboxylic acids is 1. The predicted molar refractivity (Wildman–Crippen MR) is 86.3 cm³/mol.